The summed E-state index contributed by atoms with van der Waals surface area (Å²) in [6.45, 7) is 3.80. The minimum absolute atomic E-state index is 0.0424. The molecule has 18 heavy (non-hydrogen) atoms. The number of aromatic nitrogens is 1. The summed E-state index contributed by atoms with van der Waals surface area (Å²) >= 11 is 0. The van der Waals surface area contributed by atoms with Crippen LogP contribution in [0.3, 0.4) is 0 Å². The lowest BCUT2D eigenvalue weighted by molar-refractivity contribution is -0.138. The Morgan fingerprint density at radius 3 is 2.50 bits per heavy atom. The van der Waals surface area contributed by atoms with Gasteiger partial charge in [0, 0.05) is 44.6 Å². The Labute approximate surface area is 107 Å². The zero-order chi connectivity index (χ0) is 13.0. The van der Waals surface area contributed by atoms with Crippen LogP contribution in [0.5, 0.6) is 0 Å². The van der Waals surface area contributed by atoms with E-state index in [1.54, 1.807) is 12.4 Å². The van der Waals surface area contributed by atoms with Crippen molar-refractivity contribution < 1.29 is 9.90 Å². The number of carboxylic acid groups (broad SMARTS) is 1. The van der Waals surface area contributed by atoms with Crippen molar-refractivity contribution in [2.24, 2.45) is 0 Å². The van der Waals surface area contributed by atoms with Gasteiger partial charge in [-0.15, -0.1) is 0 Å². The van der Waals surface area contributed by atoms with E-state index in [1.165, 1.54) is 0 Å². The molecular formula is C13H19N3O2. The van der Waals surface area contributed by atoms with Gasteiger partial charge in [-0.1, -0.05) is 0 Å². The predicted octanol–water partition coefficient (Wildman–Crippen LogP) is 0.845. The van der Waals surface area contributed by atoms with Crippen LogP contribution in [0.25, 0.3) is 0 Å². The summed E-state index contributed by atoms with van der Waals surface area (Å²) in [6, 6.07) is 3.77. The minimum Gasteiger partial charge on any atom is -0.481 e. The van der Waals surface area contributed by atoms with E-state index in [-0.39, 0.29) is 12.5 Å². The monoisotopic (exact) mass is 249 g/mol. The van der Waals surface area contributed by atoms with Gasteiger partial charge in [0.15, 0.2) is 0 Å². The minimum atomic E-state index is -0.754. The Morgan fingerprint density at radius 2 is 1.94 bits per heavy atom. The van der Waals surface area contributed by atoms with E-state index >= 15 is 0 Å². The predicted molar refractivity (Wildman–Crippen MR) is 68.3 cm³/mol. The molecule has 1 aromatic rings. The summed E-state index contributed by atoms with van der Waals surface area (Å²) in [5.41, 5.74) is 1.04. The van der Waals surface area contributed by atoms with Crippen LogP contribution in [0.15, 0.2) is 24.5 Å². The molecule has 2 rings (SSSR count). The molecule has 0 saturated carbocycles. The van der Waals surface area contributed by atoms with Crippen molar-refractivity contribution in [3.05, 3.63) is 30.1 Å². The fourth-order valence-corrected chi connectivity index (χ4v) is 2.34. The second-order valence-electron chi connectivity index (χ2n) is 4.73. The normalized spacial score (nSPS) is 19.6. The first-order valence-corrected chi connectivity index (χ1v) is 6.21. The average molecular weight is 249 g/mol. The first kappa shape index (κ1) is 13.0. The quantitative estimate of drug-likeness (QED) is 0.857. The van der Waals surface area contributed by atoms with E-state index in [0.29, 0.717) is 0 Å². The van der Waals surface area contributed by atoms with Crippen LogP contribution in [0.4, 0.5) is 0 Å². The summed E-state index contributed by atoms with van der Waals surface area (Å²) in [7, 11) is 2.09. The van der Waals surface area contributed by atoms with Gasteiger partial charge in [-0.25, -0.2) is 0 Å². The largest absolute Gasteiger partial charge is 0.481 e. The number of aliphatic carboxylic acids is 1. The highest BCUT2D eigenvalue weighted by Crippen LogP contribution is 2.24. The number of hydrogen-bond donors (Lipinski definition) is 1. The third kappa shape index (κ3) is 3.27. The van der Waals surface area contributed by atoms with Gasteiger partial charge in [0.05, 0.1) is 6.42 Å². The van der Waals surface area contributed by atoms with Crippen LogP contribution >= 0.6 is 0 Å². The van der Waals surface area contributed by atoms with Gasteiger partial charge in [-0.05, 0) is 24.7 Å². The van der Waals surface area contributed by atoms with Gasteiger partial charge in [0.25, 0.3) is 0 Å². The van der Waals surface area contributed by atoms with E-state index in [1.807, 2.05) is 12.1 Å². The van der Waals surface area contributed by atoms with Crippen LogP contribution in [-0.4, -0.2) is 59.1 Å². The maximum Gasteiger partial charge on any atom is 0.305 e. The highest BCUT2D eigenvalue weighted by Gasteiger charge is 2.25. The molecule has 1 N–H and O–H groups in total. The molecule has 0 amide bonds. The smallest absolute Gasteiger partial charge is 0.305 e. The number of carboxylic acids is 1. The maximum absolute atomic E-state index is 11.0. The van der Waals surface area contributed by atoms with Crippen LogP contribution in [0.2, 0.25) is 0 Å². The number of hydrogen-bond acceptors (Lipinski definition) is 4. The topological polar surface area (TPSA) is 56.7 Å². The van der Waals surface area contributed by atoms with E-state index in [2.05, 4.69) is 21.8 Å². The lowest BCUT2D eigenvalue weighted by Crippen LogP contribution is -2.46. The zero-order valence-electron chi connectivity index (χ0n) is 10.6. The van der Waals surface area contributed by atoms with Gasteiger partial charge < -0.3 is 10.0 Å². The molecule has 0 radical (unpaired) electrons. The second-order valence-corrected chi connectivity index (χ2v) is 4.73. The van der Waals surface area contributed by atoms with Crippen LogP contribution in [0, 0.1) is 0 Å². The summed E-state index contributed by atoms with van der Waals surface area (Å²) in [5, 5.41) is 9.08. The van der Waals surface area contributed by atoms with Gasteiger partial charge in [-0.3, -0.25) is 14.7 Å². The standard InChI is InChI=1S/C13H19N3O2/c1-15-6-8-16(9-7-15)12(10-13(17)18)11-2-4-14-5-3-11/h2-5,12H,6-10H2,1H3,(H,17,18). The van der Waals surface area contributed by atoms with Crippen molar-refractivity contribution in [2.45, 2.75) is 12.5 Å². The number of nitrogens with zero attached hydrogens (tertiary/aromatic N) is 3. The molecule has 0 bridgehead atoms. The Hall–Kier alpha value is -1.46. The highest BCUT2D eigenvalue weighted by molar-refractivity contribution is 5.67. The van der Waals surface area contributed by atoms with Crippen LogP contribution < -0.4 is 0 Å². The number of carbonyl (C=O) groups is 1. The van der Waals surface area contributed by atoms with E-state index in [9.17, 15) is 4.79 Å². The molecule has 98 valence electrons. The zero-order valence-corrected chi connectivity index (χ0v) is 10.6. The van der Waals surface area contributed by atoms with E-state index < -0.39 is 5.97 Å². The Balaban J connectivity index is 2.12. The third-order valence-electron chi connectivity index (χ3n) is 3.44. The molecule has 0 aromatic carbocycles. The molecular weight excluding hydrogens is 230 g/mol. The van der Waals surface area contributed by atoms with Crippen molar-refractivity contribution in [3.63, 3.8) is 0 Å². The lowest BCUT2D eigenvalue weighted by atomic mass is 10.0. The molecule has 5 heteroatoms. The Kier molecular flexibility index (Phi) is 4.28. The maximum atomic E-state index is 11.0. The summed E-state index contributed by atoms with van der Waals surface area (Å²) in [5.74, 6) is -0.754. The first-order chi connectivity index (χ1) is 8.66. The number of piperazine rings is 1. The Bertz CT molecular complexity index is 388. The van der Waals surface area contributed by atoms with Gasteiger partial charge in [-0.2, -0.15) is 0 Å². The number of rotatable bonds is 4. The summed E-state index contributed by atoms with van der Waals surface area (Å²) in [6.07, 6.45) is 3.59. The van der Waals surface area contributed by atoms with Crippen LogP contribution in [0.1, 0.15) is 18.0 Å². The molecule has 2 heterocycles. The third-order valence-corrected chi connectivity index (χ3v) is 3.44. The van der Waals surface area contributed by atoms with Gasteiger partial charge in [0.1, 0.15) is 0 Å². The molecule has 5 nitrogen and oxygen atoms in total. The molecule has 1 atom stereocenters. The van der Waals surface area contributed by atoms with Crippen molar-refractivity contribution >= 4 is 5.97 Å². The molecule has 0 aliphatic carbocycles. The highest BCUT2D eigenvalue weighted by atomic mass is 16.4. The van der Waals surface area contributed by atoms with Crippen molar-refractivity contribution in [3.8, 4) is 0 Å². The lowest BCUT2D eigenvalue weighted by Gasteiger charge is -2.37. The molecule has 1 fully saturated rings. The number of pyridine rings is 1. The van der Waals surface area contributed by atoms with E-state index in [0.717, 1.165) is 31.7 Å². The SMILES string of the molecule is CN1CCN(C(CC(=O)O)c2ccncc2)CC1. The van der Waals surface area contributed by atoms with Crippen molar-refractivity contribution in [1.29, 1.82) is 0 Å². The van der Waals surface area contributed by atoms with Crippen molar-refractivity contribution in [2.75, 3.05) is 33.2 Å². The molecule has 1 aromatic heterocycles. The van der Waals surface area contributed by atoms with Crippen LogP contribution in [-0.2, 0) is 4.79 Å². The molecule has 1 aliphatic rings. The van der Waals surface area contributed by atoms with Crippen molar-refractivity contribution in [1.82, 2.24) is 14.8 Å². The number of likely N-dealkylation sites (N-methyl/N-ethyl adjacent to an activating group) is 1. The fourth-order valence-electron chi connectivity index (χ4n) is 2.34. The summed E-state index contributed by atoms with van der Waals surface area (Å²) in [4.78, 5) is 19.5. The molecule has 0 spiro atoms. The molecule has 1 unspecified atom stereocenters. The van der Waals surface area contributed by atoms with E-state index in [4.69, 9.17) is 5.11 Å². The average Bonchev–Trinajstić information content (AvgIpc) is 2.38. The second kappa shape index (κ2) is 5.93. The fraction of sp³-hybridized carbons (Fsp3) is 0.538. The molecule has 1 aliphatic heterocycles. The first-order valence-electron chi connectivity index (χ1n) is 6.21. The Morgan fingerprint density at radius 1 is 1.33 bits per heavy atom. The summed E-state index contributed by atoms with van der Waals surface area (Å²) < 4.78 is 0. The molecule has 1 saturated heterocycles. The van der Waals surface area contributed by atoms with Gasteiger partial charge >= 0.3 is 5.97 Å². The van der Waals surface area contributed by atoms with Gasteiger partial charge in [0.2, 0.25) is 0 Å².